The van der Waals surface area contributed by atoms with E-state index in [0.29, 0.717) is 23.9 Å². The Morgan fingerprint density at radius 1 is 0.892 bits per heavy atom. The first kappa shape index (κ1) is 25.9. The lowest BCUT2D eigenvalue weighted by Gasteiger charge is -2.35. The van der Waals surface area contributed by atoms with Crippen molar-refractivity contribution in [2.75, 3.05) is 60.2 Å². The molecule has 1 fully saturated rings. The normalized spacial score (nSPS) is 13.6. The van der Waals surface area contributed by atoms with E-state index < -0.39 is 0 Å². The van der Waals surface area contributed by atoms with E-state index in [1.807, 2.05) is 68.4 Å². The van der Waals surface area contributed by atoms with Gasteiger partial charge in [-0.1, -0.05) is 18.2 Å². The Balaban J connectivity index is 1.35. The minimum atomic E-state index is -0.310. The third-order valence-corrected chi connectivity index (χ3v) is 5.90. The summed E-state index contributed by atoms with van der Waals surface area (Å²) in [5.41, 5.74) is 3.27. The molecule has 1 aliphatic rings. The highest BCUT2D eigenvalue weighted by Crippen LogP contribution is 2.23. The second-order valence-electron chi connectivity index (χ2n) is 8.98. The van der Waals surface area contributed by atoms with Crippen molar-refractivity contribution in [2.24, 2.45) is 0 Å². The molecule has 0 bridgehead atoms. The van der Waals surface area contributed by atoms with Crippen molar-refractivity contribution in [1.82, 2.24) is 14.9 Å². The fourth-order valence-corrected chi connectivity index (χ4v) is 4.14. The van der Waals surface area contributed by atoms with Crippen LogP contribution in [0.2, 0.25) is 0 Å². The fraction of sp³-hybridized carbons (Fsp3) is 0.333. The number of esters is 1. The van der Waals surface area contributed by atoms with Crippen LogP contribution in [0.3, 0.4) is 0 Å². The molecule has 0 aliphatic carbocycles. The maximum Gasteiger partial charge on any atom is 0.323 e. The molecule has 0 saturated carbocycles. The summed E-state index contributed by atoms with van der Waals surface area (Å²) in [6.07, 6.45) is 0. The second-order valence-corrected chi connectivity index (χ2v) is 8.98. The number of ether oxygens (including phenoxy) is 1. The fourth-order valence-electron chi connectivity index (χ4n) is 4.14. The quantitative estimate of drug-likeness (QED) is 0.393. The summed E-state index contributed by atoms with van der Waals surface area (Å²) < 4.78 is 5.05. The summed E-state index contributed by atoms with van der Waals surface area (Å²) in [7, 11) is 0. The monoisotopic (exact) mass is 503 g/mol. The van der Waals surface area contributed by atoms with Crippen molar-refractivity contribution in [3.8, 4) is 0 Å². The number of aromatic nitrogens is 2. The van der Waals surface area contributed by atoms with Crippen molar-refractivity contribution in [3.63, 3.8) is 0 Å². The number of nitrogens with one attached hydrogen (secondary N) is 3. The number of carbonyl (C=O) groups is 2. The van der Waals surface area contributed by atoms with Gasteiger partial charge < -0.3 is 25.6 Å². The number of carbonyl (C=O) groups excluding carboxylic acids is 2. The van der Waals surface area contributed by atoms with Gasteiger partial charge in [-0.15, -0.1) is 0 Å². The number of piperazine rings is 1. The van der Waals surface area contributed by atoms with Gasteiger partial charge in [0.2, 0.25) is 0 Å². The molecule has 37 heavy (non-hydrogen) atoms. The van der Waals surface area contributed by atoms with Crippen LogP contribution in [0.25, 0.3) is 0 Å². The van der Waals surface area contributed by atoms with Gasteiger partial charge in [-0.2, -0.15) is 0 Å². The number of urea groups is 1. The molecule has 194 valence electrons. The van der Waals surface area contributed by atoms with Crippen LogP contribution in [0.15, 0.2) is 54.6 Å². The zero-order chi connectivity index (χ0) is 26.2. The van der Waals surface area contributed by atoms with Gasteiger partial charge in [0.15, 0.2) is 0 Å². The summed E-state index contributed by atoms with van der Waals surface area (Å²) in [5, 5.41) is 9.05. The minimum Gasteiger partial charge on any atom is -0.465 e. The summed E-state index contributed by atoms with van der Waals surface area (Å²) in [6.45, 7) is 9.81. The van der Waals surface area contributed by atoms with Crippen LogP contribution in [0.1, 0.15) is 18.3 Å². The lowest BCUT2D eigenvalue weighted by atomic mass is 10.2. The van der Waals surface area contributed by atoms with Gasteiger partial charge in [-0.05, 0) is 49.7 Å². The molecule has 10 nitrogen and oxygen atoms in total. The zero-order valence-corrected chi connectivity index (χ0v) is 21.5. The Labute approximate surface area is 217 Å². The van der Waals surface area contributed by atoms with Crippen molar-refractivity contribution < 1.29 is 14.3 Å². The van der Waals surface area contributed by atoms with Gasteiger partial charge in [-0.25, -0.2) is 14.8 Å². The molecule has 2 heterocycles. The highest BCUT2D eigenvalue weighted by Gasteiger charge is 2.19. The Kier molecular flexibility index (Phi) is 8.52. The predicted octanol–water partition coefficient (Wildman–Crippen LogP) is 4.17. The Morgan fingerprint density at radius 2 is 1.57 bits per heavy atom. The van der Waals surface area contributed by atoms with E-state index in [1.165, 1.54) is 6.92 Å². The Morgan fingerprint density at radius 3 is 2.27 bits per heavy atom. The van der Waals surface area contributed by atoms with Gasteiger partial charge in [0, 0.05) is 62.8 Å². The van der Waals surface area contributed by atoms with Crippen LogP contribution in [-0.4, -0.2) is 66.2 Å². The molecule has 2 amide bonds. The third kappa shape index (κ3) is 7.91. The number of benzene rings is 2. The molecule has 1 saturated heterocycles. The topological polar surface area (TPSA) is 112 Å². The minimum absolute atomic E-state index is 0.248. The molecule has 3 aromatic rings. The van der Waals surface area contributed by atoms with E-state index in [9.17, 15) is 9.59 Å². The van der Waals surface area contributed by atoms with E-state index in [1.54, 1.807) is 0 Å². The maximum atomic E-state index is 12.4. The summed E-state index contributed by atoms with van der Waals surface area (Å²) >= 11 is 0. The molecular weight excluding hydrogens is 470 g/mol. The van der Waals surface area contributed by atoms with Crippen LogP contribution < -0.4 is 20.9 Å². The van der Waals surface area contributed by atoms with Crippen LogP contribution in [0.5, 0.6) is 0 Å². The average Bonchev–Trinajstić information content (AvgIpc) is 2.84. The first-order valence-corrected chi connectivity index (χ1v) is 12.3. The van der Waals surface area contributed by atoms with Gasteiger partial charge in [0.25, 0.3) is 0 Å². The second kappa shape index (κ2) is 12.2. The number of amides is 2. The Hall–Kier alpha value is -4.18. The number of anilines is 5. The number of aryl methyl sites for hydroxylation is 2. The van der Waals surface area contributed by atoms with Gasteiger partial charge in [0.05, 0.1) is 0 Å². The molecule has 3 N–H and O–H groups in total. The van der Waals surface area contributed by atoms with E-state index in [0.717, 1.165) is 55.5 Å². The van der Waals surface area contributed by atoms with Gasteiger partial charge in [-0.3, -0.25) is 9.69 Å². The molecule has 0 spiro atoms. The SMILES string of the molecule is CC(=O)OCCN1CCN(c2cc(Nc3cccc(NC(=O)Nc4cccc(C)c4)c3)nc(C)n2)CC1. The number of rotatable bonds is 8. The molecule has 0 atom stereocenters. The molecule has 0 unspecified atom stereocenters. The molecule has 1 aliphatic heterocycles. The van der Waals surface area contributed by atoms with E-state index >= 15 is 0 Å². The summed E-state index contributed by atoms with van der Waals surface area (Å²) in [4.78, 5) is 37.1. The first-order valence-electron chi connectivity index (χ1n) is 12.3. The Bertz CT molecular complexity index is 1240. The van der Waals surface area contributed by atoms with Crippen LogP contribution >= 0.6 is 0 Å². The summed E-state index contributed by atoms with van der Waals surface area (Å²) in [6, 6.07) is 16.7. The number of nitrogens with zero attached hydrogens (tertiary/aromatic N) is 4. The smallest absolute Gasteiger partial charge is 0.323 e. The standard InChI is InChI=1S/C27H33N7O3/c1-19-6-4-7-22(16-19)31-27(36)32-24-9-5-8-23(17-24)30-25-18-26(29-20(2)28-25)34-12-10-33(11-13-34)14-15-37-21(3)35/h4-9,16-18H,10-15H2,1-3H3,(H,28,29,30)(H2,31,32,36). The number of hydrogen-bond acceptors (Lipinski definition) is 8. The molecule has 10 heteroatoms. The summed E-state index contributed by atoms with van der Waals surface area (Å²) in [5.74, 6) is 1.97. The predicted molar refractivity (Wildman–Crippen MR) is 146 cm³/mol. The van der Waals surface area contributed by atoms with Crippen LogP contribution in [0, 0.1) is 13.8 Å². The molecular formula is C27H33N7O3. The maximum absolute atomic E-state index is 12.4. The highest BCUT2D eigenvalue weighted by molar-refractivity contribution is 6.00. The van der Waals surface area contributed by atoms with Gasteiger partial charge >= 0.3 is 12.0 Å². The van der Waals surface area contributed by atoms with Crippen molar-refractivity contribution in [2.45, 2.75) is 20.8 Å². The van der Waals surface area contributed by atoms with Crippen LogP contribution in [0.4, 0.5) is 33.5 Å². The lowest BCUT2D eigenvalue weighted by Crippen LogP contribution is -2.47. The third-order valence-electron chi connectivity index (χ3n) is 5.90. The van der Waals surface area contributed by atoms with E-state index in [2.05, 4.69) is 35.7 Å². The van der Waals surface area contributed by atoms with Gasteiger partial charge in [0.1, 0.15) is 24.1 Å². The largest absolute Gasteiger partial charge is 0.465 e. The van der Waals surface area contributed by atoms with Crippen molar-refractivity contribution in [1.29, 1.82) is 0 Å². The molecule has 2 aromatic carbocycles. The molecule has 1 aromatic heterocycles. The van der Waals surface area contributed by atoms with Crippen LogP contribution in [-0.2, 0) is 9.53 Å². The van der Waals surface area contributed by atoms with E-state index in [-0.39, 0.29) is 12.0 Å². The first-order chi connectivity index (χ1) is 17.8. The number of hydrogen-bond donors (Lipinski definition) is 3. The van der Waals surface area contributed by atoms with Crippen molar-refractivity contribution >= 4 is 40.7 Å². The molecule has 4 rings (SSSR count). The lowest BCUT2D eigenvalue weighted by molar-refractivity contribution is -0.141. The van der Waals surface area contributed by atoms with E-state index in [4.69, 9.17) is 4.74 Å². The average molecular weight is 504 g/mol. The highest BCUT2D eigenvalue weighted by atomic mass is 16.5. The van der Waals surface area contributed by atoms with Crippen molar-refractivity contribution in [3.05, 3.63) is 66.0 Å². The molecule has 0 radical (unpaired) electrons. The zero-order valence-electron chi connectivity index (χ0n) is 21.5.